The summed E-state index contributed by atoms with van der Waals surface area (Å²) in [7, 11) is 0. The lowest BCUT2D eigenvalue weighted by molar-refractivity contribution is 0.123. The second kappa shape index (κ2) is 10.2. The van der Waals surface area contributed by atoms with Gasteiger partial charge in [-0.05, 0) is 33.6 Å². The minimum atomic E-state index is -0.0687. The molecule has 1 saturated heterocycles. The third-order valence-electron chi connectivity index (χ3n) is 4.46. The highest BCUT2D eigenvalue weighted by molar-refractivity contribution is 14.0. The number of nitrogens with one attached hydrogen (secondary N) is 1. The van der Waals surface area contributed by atoms with Gasteiger partial charge in [0.2, 0.25) is 0 Å². The first kappa shape index (κ1) is 22.3. The molecule has 1 aliphatic heterocycles. The smallest absolute Gasteiger partial charge is 0.194 e. The summed E-state index contributed by atoms with van der Waals surface area (Å²) < 4.78 is 0.276. The SMILES string of the molecule is CCNC(=NCC(CC)(CC)CO)N1CCSC(C)(C)C1.I. The molecular weight excluding hydrogens is 409 g/mol. The predicted octanol–water partition coefficient (Wildman–Crippen LogP) is 3.20. The molecule has 0 aliphatic carbocycles. The highest BCUT2D eigenvalue weighted by atomic mass is 127. The molecule has 1 fully saturated rings. The van der Waals surface area contributed by atoms with E-state index < -0.39 is 0 Å². The maximum Gasteiger partial charge on any atom is 0.194 e. The molecule has 0 bridgehead atoms. The molecule has 1 rings (SSSR count). The zero-order valence-corrected chi connectivity index (χ0v) is 18.0. The van der Waals surface area contributed by atoms with Gasteiger partial charge in [-0.25, -0.2) is 0 Å². The largest absolute Gasteiger partial charge is 0.396 e. The Hall–Kier alpha value is 0.310. The second-order valence-corrected chi connectivity index (χ2v) is 8.37. The van der Waals surface area contributed by atoms with Crippen LogP contribution in [0.2, 0.25) is 0 Å². The van der Waals surface area contributed by atoms with E-state index >= 15 is 0 Å². The van der Waals surface area contributed by atoms with Crippen molar-refractivity contribution in [3.63, 3.8) is 0 Å². The molecule has 0 radical (unpaired) electrons. The number of halogens is 1. The Morgan fingerprint density at radius 3 is 2.41 bits per heavy atom. The van der Waals surface area contributed by atoms with E-state index in [2.05, 4.69) is 44.8 Å². The lowest BCUT2D eigenvalue weighted by Crippen LogP contribution is -2.51. The number of rotatable bonds is 6. The van der Waals surface area contributed by atoms with E-state index in [1.54, 1.807) is 0 Å². The van der Waals surface area contributed by atoms with E-state index in [1.807, 2.05) is 11.8 Å². The normalized spacial score (nSPS) is 18.8. The molecule has 0 aromatic heterocycles. The van der Waals surface area contributed by atoms with Crippen LogP contribution >= 0.6 is 35.7 Å². The van der Waals surface area contributed by atoms with Crippen LogP contribution in [0.3, 0.4) is 0 Å². The Kier molecular flexibility index (Phi) is 10.4. The van der Waals surface area contributed by atoms with Gasteiger partial charge < -0.3 is 15.3 Å². The van der Waals surface area contributed by atoms with Crippen molar-refractivity contribution in [1.29, 1.82) is 0 Å². The van der Waals surface area contributed by atoms with Gasteiger partial charge in [-0.15, -0.1) is 24.0 Å². The number of aliphatic imine (C=N–C) groups is 1. The van der Waals surface area contributed by atoms with Crippen molar-refractivity contribution in [2.45, 2.75) is 52.2 Å². The highest BCUT2D eigenvalue weighted by Gasteiger charge is 2.30. The summed E-state index contributed by atoms with van der Waals surface area (Å²) in [5.41, 5.74) is -0.0687. The van der Waals surface area contributed by atoms with Gasteiger partial charge in [0.15, 0.2) is 5.96 Å². The van der Waals surface area contributed by atoms with E-state index in [4.69, 9.17) is 4.99 Å². The molecule has 0 saturated carbocycles. The Bertz CT molecular complexity index is 338. The fourth-order valence-corrected chi connectivity index (χ4v) is 3.72. The molecule has 0 atom stereocenters. The van der Waals surface area contributed by atoms with Crippen molar-refractivity contribution < 1.29 is 5.11 Å². The molecule has 0 amide bonds. The molecule has 6 heteroatoms. The van der Waals surface area contributed by atoms with Gasteiger partial charge in [0.1, 0.15) is 0 Å². The van der Waals surface area contributed by atoms with E-state index in [1.165, 1.54) is 0 Å². The van der Waals surface area contributed by atoms with Gasteiger partial charge in [0.05, 0.1) is 13.2 Å². The highest BCUT2D eigenvalue weighted by Crippen LogP contribution is 2.30. The molecule has 0 unspecified atom stereocenters. The summed E-state index contributed by atoms with van der Waals surface area (Å²) in [4.78, 5) is 7.22. The van der Waals surface area contributed by atoms with E-state index in [0.29, 0.717) is 6.54 Å². The van der Waals surface area contributed by atoms with Crippen LogP contribution in [0, 0.1) is 5.41 Å². The van der Waals surface area contributed by atoms with Gasteiger partial charge >= 0.3 is 0 Å². The number of thioether (sulfide) groups is 1. The van der Waals surface area contributed by atoms with Crippen LogP contribution < -0.4 is 5.32 Å². The zero-order valence-electron chi connectivity index (χ0n) is 14.8. The summed E-state index contributed by atoms with van der Waals surface area (Å²) in [5.74, 6) is 2.15. The molecule has 0 spiro atoms. The van der Waals surface area contributed by atoms with Crippen LogP contribution in [0.5, 0.6) is 0 Å². The van der Waals surface area contributed by atoms with Crippen LogP contribution in [0.25, 0.3) is 0 Å². The Morgan fingerprint density at radius 2 is 1.95 bits per heavy atom. The Balaban J connectivity index is 0.00000441. The van der Waals surface area contributed by atoms with Crippen molar-refractivity contribution >= 4 is 41.7 Å². The number of guanidine groups is 1. The lowest BCUT2D eigenvalue weighted by atomic mass is 9.83. The second-order valence-electron chi connectivity index (χ2n) is 6.57. The molecular formula is C16H34IN3OS. The number of aliphatic hydroxyl groups is 1. The van der Waals surface area contributed by atoms with Crippen molar-refractivity contribution in [1.82, 2.24) is 10.2 Å². The monoisotopic (exact) mass is 443 g/mol. The van der Waals surface area contributed by atoms with Gasteiger partial charge in [0, 0.05) is 35.5 Å². The summed E-state index contributed by atoms with van der Waals surface area (Å²) in [6, 6.07) is 0. The van der Waals surface area contributed by atoms with Gasteiger partial charge in [-0.3, -0.25) is 4.99 Å². The molecule has 0 aromatic carbocycles. The summed E-state index contributed by atoms with van der Waals surface area (Å²) in [5, 5.41) is 13.1. The lowest BCUT2D eigenvalue weighted by Gasteiger charge is -2.39. The van der Waals surface area contributed by atoms with Crippen LogP contribution in [-0.2, 0) is 0 Å². The average molecular weight is 443 g/mol. The number of aliphatic hydroxyl groups excluding tert-OH is 1. The molecule has 1 heterocycles. The Labute approximate surface area is 157 Å². The molecule has 132 valence electrons. The summed E-state index contributed by atoms with van der Waals surface area (Å²) in [6.45, 7) is 14.8. The van der Waals surface area contributed by atoms with E-state index in [0.717, 1.165) is 44.2 Å². The Morgan fingerprint density at radius 1 is 1.32 bits per heavy atom. The first-order chi connectivity index (χ1) is 9.92. The van der Waals surface area contributed by atoms with Crippen molar-refractivity contribution in [2.24, 2.45) is 10.4 Å². The van der Waals surface area contributed by atoms with Gasteiger partial charge in [-0.1, -0.05) is 13.8 Å². The summed E-state index contributed by atoms with van der Waals surface area (Å²) in [6.07, 6.45) is 1.93. The fourth-order valence-electron chi connectivity index (χ4n) is 2.61. The van der Waals surface area contributed by atoms with E-state index in [9.17, 15) is 5.11 Å². The zero-order chi connectivity index (χ0) is 15.9. The maximum absolute atomic E-state index is 9.71. The first-order valence-electron chi connectivity index (χ1n) is 8.20. The van der Waals surface area contributed by atoms with Crippen molar-refractivity contribution in [2.75, 3.05) is 38.5 Å². The van der Waals surface area contributed by atoms with Gasteiger partial charge in [-0.2, -0.15) is 11.8 Å². The van der Waals surface area contributed by atoms with Crippen molar-refractivity contribution in [3.05, 3.63) is 0 Å². The molecule has 4 nitrogen and oxygen atoms in total. The first-order valence-corrected chi connectivity index (χ1v) is 9.18. The van der Waals surface area contributed by atoms with Crippen LogP contribution in [0.1, 0.15) is 47.5 Å². The third-order valence-corrected chi connectivity index (χ3v) is 5.76. The minimum absolute atomic E-state index is 0. The molecule has 22 heavy (non-hydrogen) atoms. The molecule has 1 aliphatic rings. The van der Waals surface area contributed by atoms with Crippen LogP contribution in [0.15, 0.2) is 4.99 Å². The van der Waals surface area contributed by atoms with E-state index in [-0.39, 0.29) is 40.7 Å². The van der Waals surface area contributed by atoms with Crippen LogP contribution in [0.4, 0.5) is 0 Å². The fraction of sp³-hybridized carbons (Fsp3) is 0.938. The third kappa shape index (κ3) is 6.43. The molecule has 0 aromatic rings. The topological polar surface area (TPSA) is 47.9 Å². The summed E-state index contributed by atoms with van der Waals surface area (Å²) >= 11 is 2.03. The quantitative estimate of drug-likeness (QED) is 0.376. The van der Waals surface area contributed by atoms with Gasteiger partial charge in [0.25, 0.3) is 0 Å². The average Bonchev–Trinajstić information content (AvgIpc) is 2.47. The standard InChI is InChI=1S/C16H33N3OS.HI/c1-6-16(7-2,13-20)11-18-14(17-8-3)19-9-10-21-15(4,5)12-19;/h20H,6-13H2,1-5H3,(H,17,18);1H. The number of hydrogen-bond acceptors (Lipinski definition) is 3. The molecule has 2 N–H and O–H groups in total. The number of hydrogen-bond donors (Lipinski definition) is 2. The minimum Gasteiger partial charge on any atom is -0.396 e. The van der Waals surface area contributed by atoms with Crippen LogP contribution in [-0.4, -0.2) is 59.3 Å². The maximum atomic E-state index is 9.71. The predicted molar refractivity (Wildman–Crippen MR) is 110 cm³/mol. The van der Waals surface area contributed by atoms with Crippen molar-refractivity contribution in [3.8, 4) is 0 Å². The number of nitrogens with zero attached hydrogens (tertiary/aromatic N) is 2.